The van der Waals surface area contributed by atoms with Crippen LogP contribution < -0.4 is 15.5 Å². The first-order valence-electron chi connectivity index (χ1n) is 12.8. The van der Waals surface area contributed by atoms with Crippen LogP contribution >= 0.6 is 27.3 Å². The number of thiazole rings is 1. The van der Waals surface area contributed by atoms with E-state index in [-0.39, 0.29) is 18.1 Å². The van der Waals surface area contributed by atoms with Gasteiger partial charge in [0.2, 0.25) is 0 Å². The summed E-state index contributed by atoms with van der Waals surface area (Å²) in [5, 5.41) is 19.2. The van der Waals surface area contributed by atoms with Crippen molar-refractivity contribution in [3.63, 3.8) is 0 Å². The Morgan fingerprint density at radius 3 is 2.38 bits per heavy atom. The Hall–Kier alpha value is -4.80. The molecule has 0 fully saturated rings. The van der Waals surface area contributed by atoms with Crippen LogP contribution in [-0.4, -0.2) is 28.2 Å². The zero-order valence-corrected chi connectivity index (χ0v) is 24.8. The molecule has 1 amide bonds. The molecule has 0 unspecified atom stereocenters. The van der Waals surface area contributed by atoms with Crippen molar-refractivity contribution in [3.05, 3.63) is 129 Å². The number of amides is 1. The average Bonchev–Trinajstić information content (AvgIpc) is 3.46. The first kappa shape index (κ1) is 28.7. The van der Waals surface area contributed by atoms with Gasteiger partial charge in [-0.25, -0.2) is 15.2 Å². The van der Waals surface area contributed by atoms with Crippen LogP contribution in [0.25, 0.3) is 11.3 Å². The maximum absolute atomic E-state index is 12.6. The van der Waals surface area contributed by atoms with E-state index in [1.165, 1.54) is 16.9 Å². The van der Waals surface area contributed by atoms with Crippen molar-refractivity contribution in [2.45, 2.75) is 13.5 Å². The summed E-state index contributed by atoms with van der Waals surface area (Å²) in [6, 6.07) is 27.3. The summed E-state index contributed by atoms with van der Waals surface area (Å²) in [5.74, 6) is -0.674. The summed E-state index contributed by atoms with van der Waals surface area (Å²) in [6.07, 6.45) is 1.54. The molecule has 0 aliphatic rings. The van der Waals surface area contributed by atoms with Crippen molar-refractivity contribution >= 4 is 56.2 Å². The van der Waals surface area contributed by atoms with Gasteiger partial charge in [0.25, 0.3) is 5.91 Å². The van der Waals surface area contributed by atoms with Crippen LogP contribution in [0.3, 0.4) is 0 Å². The van der Waals surface area contributed by atoms with Gasteiger partial charge in [0, 0.05) is 22.2 Å². The minimum atomic E-state index is -0.968. The third kappa shape index (κ3) is 7.48. The molecule has 0 aliphatic heterocycles. The first-order valence-corrected chi connectivity index (χ1v) is 14.5. The summed E-state index contributed by atoms with van der Waals surface area (Å²) < 4.78 is 6.55. The van der Waals surface area contributed by atoms with Gasteiger partial charge in [0.05, 0.1) is 21.9 Å². The monoisotopic (exact) mass is 640 g/mol. The minimum Gasteiger partial charge on any atom is -0.488 e. The summed E-state index contributed by atoms with van der Waals surface area (Å²) in [4.78, 5) is 28.2. The summed E-state index contributed by atoms with van der Waals surface area (Å²) in [6.45, 7) is 2.34. The number of rotatable bonds is 10. The number of carboxylic acids is 1. The summed E-state index contributed by atoms with van der Waals surface area (Å²) >= 11 is 5.01. The van der Waals surface area contributed by atoms with Gasteiger partial charge in [-0.05, 0) is 88.6 Å². The van der Waals surface area contributed by atoms with Gasteiger partial charge in [-0.2, -0.15) is 5.10 Å². The Morgan fingerprint density at radius 2 is 1.69 bits per heavy atom. The molecular weight excluding hydrogens is 616 g/mol. The number of hydrogen-bond acceptors (Lipinski definition) is 7. The van der Waals surface area contributed by atoms with Crippen molar-refractivity contribution in [3.8, 4) is 17.0 Å². The molecule has 3 N–H and O–H groups in total. The predicted molar refractivity (Wildman–Crippen MR) is 169 cm³/mol. The topological polar surface area (TPSA) is 113 Å². The van der Waals surface area contributed by atoms with Gasteiger partial charge in [-0.15, -0.1) is 11.3 Å². The molecule has 5 rings (SSSR count). The highest BCUT2D eigenvalue weighted by Gasteiger charge is 2.09. The largest absolute Gasteiger partial charge is 0.488 e. The lowest BCUT2D eigenvalue weighted by molar-refractivity contribution is 0.0696. The average molecular weight is 642 g/mol. The van der Waals surface area contributed by atoms with E-state index in [9.17, 15) is 9.59 Å². The van der Waals surface area contributed by atoms with E-state index in [0.717, 1.165) is 37.7 Å². The second-order valence-corrected chi connectivity index (χ2v) is 11.0. The van der Waals surface area contributed by atoms with Gasteiger partial charge in [0.15, 0.2) is 5.13 Å². The number of hydrazone groups is 1. The minimum absolute atomic E-state index is 0.226. The lowest BCUT2D eigenvalue weighted by Gasteiger charge is -2.09. The Balaban J connectivity index is 1.13. The van der Waals surface area contributed by atoms with E-state index in [0.29, 0.717) is 11.3 Å². The number of carbonyl (C=O) groups excluding carboxylic acids is 1. The molecular formula is C32H25BrN4O4S. The molecule has 4 aromatic carbocycles. The molecule has 0 saturated carbocycles. The van der Waals surface area contributed by atoms with Crippen LogP contribution in [0.1, 0.15) is 37.4 Å². The Kier molecular flexibility index (Phi) is 9.05. The molecule has 1 aromatic heterocycles. The van der Waals surface area contributed by atoms with Crippen molar-refractivity contribution < 1.29 is 19.4 Å². The standard InChI is InChI=1S/C32H25BrN4O4S/c1-20-2-13-26(14-3-20)35-32-36-28(19-42-32)23-9-11-24(12-10-23)30(38)37-34-17-22-6-15-29(27(33)16-22)41-18-21-4-7-25(8-5-21)31(39)40/h2-17,19H,18H2,1H3,(H,35,36)(H,37,38)(H,39,40)/b34-17-. The predicted octanol–water partition coefficient (Wildman–Crippen LogP) is 7.67. The first-order chi connectivity index (χ1) is 20.3. The van der Waals surface area contributed by atoms with E-state index in [1.54, 1.807) is 48.7 Å². The van der Waals surface area contributed by atoms with E-state index in [4.69, 9.17) is 9.84 Å². The van der Waals surface area contributed by atoms with Gasteiger partial charge < -0.3 is 15.2 Å². The van der Waals surface area contributed by atoms with Gasteiger partial charge in [0.1, 0.15) is 12.4 Å². The van der Waals surface area contributed by atoms with Gasteiger partial charge in [-0.3, -0.25) is 4.79 Å². The number of aryl methyl sites for hydroxylation is 1. The number of hydrogen-bond donors (Lipinski definition) is 3. The highest BCUT2D eigenvalue weighted by Crippen LogP contribution is 2.28. The zero-order valence-electron chi connectivity index (χ0n) is 22.4. The molecule has 0 atom stereocenters. The fourth-order valence-electron chi connectivity index (χ4n) is 3.87. The van der Waals surface area contributed by atoms with Crippen molar-refractivity contribution in [1.82, 2.24) is 10.4 Å². The van der Waals surface area contributed by atoms with E-state index in [2.05, 4.69) is 36.8 Å². The number of carboxylic acid groups (broad SMARTS) is 1. The second-order valence-electron chi connectivity index (χ2n) is 9.29. The molecule has 0 spiro atoms. The Bertz CT molecular complexity index is 1730. The van der Waals surface area contributed by atoms with Crippen LogP contribution in [0, 0.1) is 6.92 Å². The van der Waals surface area contributed by atoms with Crippen molar-refractivity contribution in [2.75, 3.05) is 5.32 Å². The highest BCUT2D eigenvalue weighted by molar-refractivity contribution is 9.10. The molecule has 0 aliphatic carbocycles. The lowest BCUT2D eigenvalue weighted by Crippen LogP contribution is -2.17. The number of nitrogens with zero attached hydrogens (tertiary/aromatic N) is 2. The number of ether oxygens (including phenoxy) is 1. The second kappa shape index (κ2) is 13.2. The highest BCUT2D eigenvalue weighted by atomic mass is 79.9. The van der Waals surface area contributed by atoms with Crippen LogP contribution in [0.4, 0.5) is 10.8 Å². The number of anilines is 2. The smallest absolute Gasteiger partial charge is 0.335 e. The van der Waals surface area contributed by atoms with Crippen LogP contribution in [0.15, 0.2) is 106 Å². The zero-order chi connectivity index (χ0) is 29.5. The van der Waals surface area contributed by atoms with Gasteiger partial charge in [-0.1, -0.05) is 42.0 Å². The number of benzene rings is 4. The van der Waals surface area contributed by atoms with Crippen molar-refractivity contribution in [2.24, 2.45) is 5.10 Å². The quantitative estimate of drug-likeness (QED) is 0.107. The van der Waals surface area contributed by atoms with Crippen molar-refractivity contribution in [1.29, 1.82) is 0 Å². The Labute approximate surface area is 254 Å². The third-order valence-electron chi connectivity index (χ3n) is 6.18. The Morgan fingerprint density at radius 1 is 0.976 bits per heavy atom. The normalized spacial score (nSPS) is 10.9. The maximum atomic E-state index is 12.6. The molecule has 0 radical (unpaired) electrons. The SMILES string of the molecule is Cc1ccc(Nc2nc(-c3ccc(C(=O)N/N=C\c4ccc(OCc5ccc(C(=O)O)cc5)c(Br)c4)cc3)cs2)cc1. The number of aromatic nitrogens is 1. The summed E-state index contributed by atoms with van der Waals surface area (Å²) in [7, 11) is 0. The number of aromatic carboxylic acids is 1. The molecule has 0 saturated heterocycles. The summed E-state index contributed by atoms with van der Waals surface area (Å²) in [5.41, 5.74) is 8.78. The van der Waals surface area contributed by atoms with Gasteiger partial charge >= 0.3 is 5.97 Å². The fourth-order valence-corrected chi connectivity index (χ4v) is 5.12. The van der Waals surface area contributed by atoms with Crippen LogP contribution in [0.5, 0.6) is 5.75 Å². The molecule has 5 aromatic rings. The van der Waals surface area contributed by atoms with E-state index < -0.39 is 5.97 Å². The third-order valence-corrected chi connectivity index (χ3v) is 7.56. The molecule has 1 heterocycles. The van der Waals surface area contributed by atoms with Crippen LogP contribution in [0.2, 0.25) is 0 Å². The van der Waals surface area contributed by atoms with E-state index >= 15 is 0 Å². The lowest BCUT2D eigenvalue weighted by atomic mass is 10.1. The van der Waals surface area contributed by atoms with Crippen LogP contribution in [-0.2, 0) is 6.61 Å². The molecule has 42 heavy (non-hydrogen) atoms. The molecule has 10 heteroatoms. The molecule has 8 nitrogen and oxygen atoms in total. The fraction of sp³-hybridized carbons (Fsp3) is 0.0625. The molecule has 210 valence electrons. The maximum Gasteiger partial charge on any atom is 0.335 e. The van der Waals surface area contributed by atoms with E-state index in [1.807, 2.05) is 60.8 Å². The molecule has 0 bridgehead atoms. The number of halogens is 1. The number of carbonyl (C=O) groups is 2. The number of nitrogens with one attached hydrogen (secondary N) is 2.